The normalized spacial score (nSPS) is 9.17. The van der Waals surface area contributed by atoms with Gasteiger partial charge in [0.1, 0.15) is 5.75 Å². The molecule has 0 spiro atoms. The number of hydrogen-bond donors (Lipinski definition) is 3. The van der Waals surface area contributed by atoms with Gasteiger partial charge in [-0.2, -0.15) is 0 Å². The molecule has 0 unspecified atom stereocenters. The Morgan fingerprint density at radius 1 is 1.22 bits per heavy atom. The molecule has 0 fully saturated rings. The van der Waals surface area contributed by atoms with Crippen LogP contribution in [-0.4, -0.2) is 31.5 Å². The number of ether oxygens (including phenoxy) is 1. The number of carbonyl (C=O) groups excluding carboxylic acids is 2. The summed E-state index contributed by atoms with van der Waals surface area (Å²) in [4.78, 5) is 22.0. The molecule has 0 saturated carbocycles. The first-order valence-corrected chi connectivity index (χ1v) is 5.13. The van der Waals surface area contributed by atoms with Gasteiger partial charge >= 0.3 is 0 Å². The maximum absolute atomic E-state index is 11.2. The average Bonchev–Trinajstić information content (AvgIpc) is 2.34. The van der Waals surface area contributed by atoms with Crippen molar-refractivity contribution in [3.8, 4) is 5.75 Å². The summed E-state index contributed by atoms with van der Waals surface area (Å²) < 4.78 is 5.19. The zero-order valence-electron chi connectivity index (χ0n) is 9.72. The first kappa shape index (κ1) is 16.2. The van der Waals surface area contributed by atoms with Crippen molar-refractivity contribution in [2.75, 3.05) is 19.7 Å². The van der Waals surface area contributed by atoms with E-state index >= 15 is 0 Å². The van der Waals surface area contributed by atoms with Gasteiger partial charge in [0.25, 0.3) is 5.91 Å². The number of amides is 2. The van der Waals surface area contributed by atoms with Crippen LogP contribution in [0.3, 0.4) is 0 Å². The lowest BCUT2D eigenvalue weighted by Crippen LogP contribution is -2.32. The van der Waals surface area contributed by atoms with Crippen molar-refractivity contribution in [1.29, 1.82) is 0 Å². The van der Waals surface area contributed by atoms with Gasteiger partial charge in [-0.1, -0.05) is 0 Å². The molecule has 0 aliphatic carbocycles. The number of hydrogen-bond acceptors (Lipinski definition) is 4. The Hall–Kier alpha value is -1.79. The second-order valence-electron chi connectivity index (χ2n) is 3.32. The van der Waals surface area contributed by atoms with E-state index in [0.29, 0.717) is 24.4 Å². The Bertz CT molecular complexity index is 395. The smallest absolute Gasteiger partial charge is 0.257 e. The molecule has 2 amide bonds. The van der Waals surface area contributed by atoms with E-state index in [-0.39, 0.29) is 24.9 Å². The summed E-state index contributed by atoms with van der Waals surface area (Å²) in [5, 5.41) is 2.57. The van der Waals surface area contributed by atoms with E-state index in [1.165, 1.54) is 12.1 Å². The number of nitrogens with two attached hydrogens (primary N) is 2. The van der Waals surface area contributed by atoms with E-state index in [4.69, 9.17) is 16.2 Å². The summed E-state index contributed by atoms with van der Waals surface area (Å²) in [7, 11) is 0. The van der Waals surface area contributed by atoms with Gasteiger partial charge in [-0.25, -0.2) is 0 Å². The third kappa shape index (κ3) is 5.51. The van der Waals surface area contributed by atoms with Crippen LogP contribution in [0.1, 0.15) is 10.4 Å². The number of benzene rings is 1. The average molecular weight is 274 g/mol. The standard InChI is InChI=1S/C11H15N3O3.ClH/c12-5-6-14-10(15)7-17-9-3-1-8(2-4-9)11(13)16;/h1-4H,5-7,12H2,(H2,13,16)(H,14,15);1H. The first-order valence-electron chi connectivity index (χ1n) is 5.13. The van der Waals surface area contributed by atoms with Crippen LogP contribution in [0, 0.1) is 0 Å². The fourth-order valence-corrected chi connectivity index (χ4v) is 1.13. The van der Waals surface area contributed by atoms with Crippen molar-refractivity contribution < 1.29 is 14.3 Å². The van der Waals surface area contributed by atoms with E-state index in [9.17, 15) is 9.59 Å². The summed E-state index contributed by atoms with van der Waals surface area (Å²) in [6, 6.07) is 6.23. The highest BCUT2D eigenvalue weighted by molar-refractivity contribution is 5.92. The fraction of sp³-hybridized carbons (Fsp3) is 0.273. The molecule has 0 saturated heterocycles. The minimum Gasteiger partial charge on any atom is -0.484 e. The molecule has 0 bridgehead atoms. The van der Waals surface area contributed by atoms with E-state index in [1.54, 1.807) is 12.1 Å². The van der Waals surface area contributed by atoms with Crippen molar-refractivity contribution in [1.82, 2.24) is 5.32 Å². The van der Waals surface area contributed by atoms with Gasteiger partial charge in [0.05, 0.1) is 0 Å². The molecule has 7 heteroatoms. The Morgan fingerprint density at radius 2 is 1.83 bits per heavy atom. The molecular weight excluding hydrogens is 258 g/mol. The molecule has 0 aromatic heterocycles. The maximum Gasteiger partial charge on any atom is 0.257 e. The summed E-state index contributed by atoms with van der Waals surface area (Å²) in [5.74, 6) is -0.246. The Morgan fingerprint density at radius 3 is 2.33 bits per heavy atom. The van der Waals surface area contributed by atoms with Crippen molar-refractivity contribution >= 4 is 24.2 Å². The minimum absolute atomic E-state index is 0. The summed E-state index contributed by atoms with van der Waals surface area (Å²) in [6.45, 7) is 0.720. The van der Waals surface area contributed by atoms with Gasteiger partial charge < -0.3 is 21.5 Å². The number of rotatable bonds is 6. The van der Waals surface area contributed by atoms with E-state index < -0.39 is 5.91 Å². The lowest BCUT2D eigenvalue weighted by Gasteiger charge is -2.06. The van der Waals surface area contributed by atoms with Crippen molar-refractivity contribution in [3.63, 3.8) is 0 Å². The molecule has 6 nitrogen and oxygen atoms in total. The van der Waals surface area contributed by atoms with Crippen LogP contribution in [0.5, 0.6) is 5.75 Å². The number of primary amides is 1. The van der Waals surface area contributed by atoms with Gasteiger partial charge in [-0.3, -0.25) is 9.59 Å². The number of carbonyl (C=O) groups is 2. The Labute approximate surface area is 111 Å². The minimum atomic E-state index is -0.503. The predicted molar refractivity (Wildman–Crippen MR) is 69.8 cm³/mol. The van der Waals surface area contributed by atoms with Crippen molar-refractivity contribution in [3.05, 3.63) is 29.8 Å². The summed E-state index contributed by atoms with van der Waals surface area (Å²) in [6.07, 6.45) is 0. The van der Waals surface area contributed by atoms with Gasteiger partial charge in [0.2, 0.25) is 5.91 Å². The largest absolute Gasteiger partial charge is 0.484 e. The summed E-state index contributed by atoms with van der Waals surface area (Å²) in [5.41, 5.74) is 10.7. The lowest BCUT2D eigenvalue weighted by atomic mass is 10.2. The first-order chi connectivity index (χ1) is 8.13. The van der Waals surface area contributed by atoms with E-state index in [1.807, 2.05) is 0 Å². The second kappa shape index (κ2) is 8.32. The predicted octanol–water partition coefficient (Wildman–Crippen LogP) is -0.339. The molecule has 0 radical (unpaired) electrons. The van der Waals surface area contributed by atoms with Crippen LogP contribution in [0.25, 0.3) is 0 Å². The van der Waals surface area contributed by atoms with Crippen LogP contribution < -0.4 is 21.5 Å². The maximum atomic E-state index is 11.2. The van der Waals surface area contributed by atoms with Crippen LogP contribution in [0.15, 0.2) is 24.3 Å². The van der Waals surface area contributed by atoms with Crippen LogP contribution in [0.2, 0.25) is 0 Å². The molecule has 1 aromatic carbocycles. The van der Waals surface area contributed by atoms with Crippen molar-refractivity contribution in [2.24, 2.45) is 11.5 Å². The van der Waals surface area contributed by atoms with Gasteiger partial charge in [-0.15, -0.1) is 12.4 Å². The molecule has 100 valence electrons. The molecule has 0 aliphatic heterocycles. The molecule has 0 atom stereocenters. The van der Waals surface area contributed by atoms with Crippen LogP contribution >= 0.6 is 12.4 Å². The Balaban J connectivity index is 0.00000289. The van der Waals surface area contributed by atoms with Gasteiger partial charge in [0, 0.05) is 18.7 Å². The lowest BCUT2D eigenvalue weighted by molar-refractivity contribution is -0.123. The Kier molecular flexibility index (Phi) is 7.50. The highest BCUT2D eigenvalue weighted by Crippen LogP contribution is 2.11. The van der Waals surface area contributed by atoms with Crippen LogP contribution in [0.4, 0.5) is 0 Å². The third-order valence-electron chi connectivity index (χ3n) is 1.98. The second-order valence-corrected chi connectivity index (χ2v) is 3.32. The molecule has 5 N–H and O–H groups in total. The van der Waals surface area contributed by atoms with Crippen molar-refractivity contribution in [2.45, 2.75) is 0 Å². The van der Waals surface area contributed by atoms with E-state index in [2.05, 4.69) is 5.32 Å². The molecule has 0 aliphatic rings. The van der Waals surface area contributed by atoms with E-state index in [0.717, 1.165) is 0 Å². The van der Waals surface area contributed by atoms with Crippen LogP contribution in [-0.2, 0) is 4.79 Å². The molecule has 18 heavy (non-hydrogen) atoms. The monoisotopic (exact) mass is 273 g/mol. The molecule has 1 rings (SSSR count). The molecule has 1 aromatic rings. The highest BCUT2D eigenvalue weighted by atomic mass is 35.5. The quantitative estimate of drug-likeness (QED) is 0.659. The highest BCUT2D eigenvalue weighted by Gasteiger charge is 2.03. The number of nitrogens with one attached hydrogen (secondary N) is 1. The van der Waals surface area contributed by atoms with Gasteiger partial charge in [0.15, 0.2) is 6.61 Å². The third-order valence-corrected chi connectivity index (χ3v) is 1.98. The SMILES string of the molecule is Cl.NCCNC(=O)COc1ccc(C(N)=O)cc1. The number of halogens is 1. The summed E-state index contributed by atoms with van der Waals surface area (Å²) >= 11 is 0. The van der Waals surface area contributed by atoms with Gasteiger partial charge in [-0.05, 0) is 24.3 Å². The molecular formula is C11H16ClN3O3. The fourth-order valence-electron chi connectivity index (χ4n) is 1.13. The zero-order valence-corrected chi connectivity index (χ0v) is 10.5. The topological polar surface area (TPSA) is 107 Å². The zero-order chi connectivity index (χ0) is 12.7. The molecule has 0 heterocycles.